The molecule has 0 bridgehead atoms. The number of anilines is 1. The second kappa shape index (κ2) is 5.84. The number of hydrogen-bond acceptors (Lipinski definition) is 2. The first kappa shape index (κ1) is 15.5. The van der Waals surface area contributed by atoms with Gasteiger partial charge in [0.15, 0.2) is 0 Å². The van der Waals surface area contributed by atoms with Crippen molar-refractivity contribution < 1.29 is 14.0 Å². The maximum Gasteiger partial charge on any atom is 0.252 e. The second-order valence-electron chi connectivity index (χ2n) is 5.50. The molecule has 1 heterocycles. The largest absolute Gasteiger partial charge is 0.342 e. The minimum atomic E-state index is -0.940. The monoisotopic (exact) mass is 292 g/mol. The van der Waals surface area contributed by atoms with Gasteiger partial charge in [0.05, 0.1) is 5.69 Å². The predicted molar refractivity (Wildman–Crippen MR) is 79.6 cm³/mol. The van der Waals surface area contributed by atoms with Crippen LogP contribution in [-0.4, -0.2) is 23.9 Å². The molecular formula is C16H21FN2O2. The van der Waals surface area contributed by atoms with Gasteiger partial charge in [0.2, 0.25) is 5.91 Å². The molecule has 1 N–H and O–H groups in total. The summed E-state index contributed by atoms with van der Waals surface area (Å²) in [6.07, 6.45) is 1.15. The van der Waals surface area contributed by atoms with E-state index in [9.17, 15) is 14.0 Å². The maximum absolute atomic E-state index is 14.2. The Bertz CT molecular complexity index is 567. The quantitative estimate of drug-likeness (QED) is 0.930. The number of halogens is 1. The lowest BCUT2D eigenvalue weighted by molar-refractivity contribution is -0.130. The van der Waals surface area contributed by atoms with Crippen LogP contribution in [0.15, 0.2) is 18.2 Å². The lowest BCUT2D eigenvalue weighted by atomic mass is 9.91. The molecule has 0 spiro atoms. The van der Waals surface area contributed by atoms with Gasteiger partial charge >= 0.3 is 0 Å². The van der Waals surface area contributed by atoms with Gasteiger partial charge in [-0.3, -0.25) is 9.59 Å². The van der Waals surface area contributed by atoms with E-state index in [-0.39, 0.29) is 30.5 Å². The minimum absolute atomic E-state index is 0.165. The SMILES string of the molecule is CCC1(CC)NC(=O)CCN(c2ccc(C)cc2F)C1=O. The Morgan fingerprint density at radius 2 is 1.95 bits per heavy atom. The maximum atomic E-state index is 14.2. The molecular weight excluding hydrogens is 271 g/mol. The summed E-state index contributed by atoms with van der Waals surface area (Å²) in [5.74, 6) is -0.832. The van der Waals surface area contributed by atoms with Gasteiger partial charge in [-0.1, -0.05) is 19.9 Å². The summed E-state index contributed by atoms with van der Waals surface area (Å²) in [4.78, 5) is 26.2. The molecule has 1 fully saturated rings. The average Bonchev–Trinajstić information content (AvgIpc) is 2.58. The summed E-state index contributed by atoms with van der Waals surface area (Å²) in [6, 6.07) is 4.78. The van der Waals surface area contributed by atoms with Crippen LogP contribution < -0.4 is 10.2 Å². The van der Waals surface area contributed by atoms with Crippen molar-refractivity contribution in [2.45, 2.75) is 45.6 Å². The number of rotatable bonds is 3. The molecule has 2 amide bonds. The van der Waals surface area contributed by atoms with Crippen LogP contribution in [0, 0.1) is 12.7 Å². The number of hydrogen-bond donors (Lipinski definition) is 1. The topological polar surface area (TPSA) is 49.4 Å². The van der Waals surface area contributed by atoms with Gasteiger partial charge in [-0.05, 0) is 37.5 Å². The van der Waals surface area contributed by atoms with E-state index in [4.69, 9.17) is 0 Å². The van der Waals surface area contributed by atoms with Crippen molar-refractivity contribution in [2.24, 2.45) is 0 Å². The van der Waals surface area contributed by atoms with Gasteiger partial charge in [-0.2, -0.15) is 0 Å². The molecule has 21 heavy (non-hydrogen) atoms. The Balaban J connectivity index is 2.47. The Morgan fingerprint density at radius 3 is 2.52 bits per heavy atom. The molecule has 1 aromatic rings. The summed E-state index contributed by atoms with van der Waals surface area (Å²) < 4.78 is 14.2. The highest BCUT2D eigenvalue weighted by Gasteiger charge is 2.42. The predicted octanol–water partition coefficient (Wildman–Crippen LogP) is 2.55. The van der Waals surface area contributed by atoms with Crippen molar-refractivity contribution in [3.63, 3.8) is 0 Å². The van der Waals surface area contributed by atoms with Crippen molar-refractivity contribution in [3.8, 4) is 0 Å². The Hall–Kier alpha value is -1.91. The van der Waals surface area contributed by atoms with E-state index in [0.717, 1.165) is 5.56 Å². The number of nitrogens with zero attached hydrogens (tertiary/aromatic N) is 1. The van der Waals surface area contributed by atoms with Gasteiger partial charge in [0.25, 0.3) is 5.91 Å². The zero-order chi connectivity index (χ0) is 15.6. The number of carbonyl (C=O) groups excluding carboxylic acids is 2. The van der Waals surface area contributed by atoms with Crippen LogP contribution >= 0.6 is 0 Å². The van der Waals surface area contributed by atoms with Crippen molar-refractivity contribution in [1.29, 1.82) is 0 Å². The van der Waals surface area contributed by atoms with Gasteiger partial charge in [0.1, 0.15) is 11.4 Å². The molecule has 4 nitrogen and oxygen atoms in total. The van der Waals surface area contributed by atoms with E-state index < -0.39 is 11.4 Å². The molecule has 2 rings (SSSR count). The van der Waals surface area contributed by atoms with Crippen LogP contribution in [0.4, 0.5) is 10.1 Å². The Labute approximate surface area is 124 Å². The van der Waals surface area contributed by atoms with E-state index in [1.165, 1.54) is 11.0 Å². The van der Waals surface area contributed by atoms with E-state index in [0.29, 0.717) is 12.8 Å². The normalized spacial score (nSPS) is 18.4. The van der Waals surface area contributed by atoms with Crippen LogP contribution in [0.2, 0.25) is 0 Å². The van der Waals surface area contributed by atoms with Crippen LogP contribution in [0.25, 0.3) is 0 Å². The number of nitrogens with one attached hydrogen (secondary N) is 1. The number of amides is 2. The fourth-order valence-corrected chi connectivity index (χ4v) is 2.75. The van der Waals surface area contributed by atoms with Crippen LogP contribution in [-0.2, 0) is 9.59 Å². The standard InChI is InChI=1S/C16H21FN2O2/c1-4-16(5-2)15(21)19(9-8-14(20)18-16)13-7-6-11(3)10-12(13)17/h6-7,10H,4-5,8-9H2,1-3H3,(H,18,20). The Kier molecular flexibility index (Phi) is 4.30. The number of carbonyl (C=O) groups is 2. The molecule has 0 unspecified atom stereocenters. The first-order valence-corrected chi connectivity index (χ1v) is 7.32. The average molecular weight is 292 g/mol. The van der Waals surface area contributed by atoms with E-state index >= 15 is 0 Å². The summed E-state index contributed by atoms with van der Waals surface area (Å²) in [6.45, 7) is 5.71. The van der Waals surface area contributed by atoms with Gasteiger partial charge in [-0.25, -0.2) is 4.39 Å². The number of benzene rings is 1. The number of aryl methyl sites for hydroxylation is 1. The molecule has 0 saturated carbocycles. The molecule has 114 valence electrons. The van der Waals surface area contributed by atoms with Crippen molar-refractivity contribution in [3.05, 3.63) is 29.6 Å². The third-order valence-electron chi connectivity index (χ3n) is 4.20. The smallest absolute Gasteiger partial charge is 0.252 e. The van der Waals surface area contributed by atoms with E-state index in [1.807, 2.05) is 13.8 Å². The lowest BCUT2D eigenvalue weighted by Gasteiger charge is -2.33. The lowest BCUT2D eigenvalue weighted by Crippen LogP contribution is -2.56. The van der Waals surface area contributed by atoms with E-state index in [1.54, 1.807) is 19.1 Å². The van der Waals surface area contributed by atoms with Gasteiger partial charge in [0, 0.05) is 13.0 Å². The third-order valence-corrected chi connectivity index (χ3v) is 4.20. The van der Waals surface area contributed by atoms with Crippen molar-refractivity contribution >= 4 is 17.5 Å². The fourth-order valence-electron chi connectivity index (χ4n) is 2.75. The van der Waals surface area contributed by atoms with Crippen molar-refractivity contribution in [1.82, 2.24) is 5.32 Å². The molecule has 1 aliphatic rings. The zero-order valence-corrected chi connectivity index (χ0v) is 12.7. The Morgan fingerprint density at radius 1 is 1.29 bits per heavy atom. The molecule has 0 aliphatic carbocycles. The van der Waals surface area contributed by atoms with Crippen LogP contribution in [0.5, 0.6) is 0 Å². The first-order valence-electron chi connectivity index (χ1n) is 7.32. The fraction of sp³-hybridized carbons (Fsp3) is 0.500. The summed E-state index contributed by atoms with van der Waals surface area (Å²) in [5, 5.41) is 2.82. The van der Waals surface area contributed by atoms with Crippen LogP contribution in [0.3, 0.4) is 0 Å². The molecule has 5 heteroatoms. The second-order valence-corrected chi connectivity index (χ2v) is 5.50. The summed E-state index contributed by atoms with van der Waals surface area (Å²) in [7, 11) is 0. The highest BCUT2D eigenvalue weighted by molar-refractivity contribution is 6.04. The summed E-state index contributed by atoms with van der Waals surface area (Å²) in [5.41, 5.74) is 0.101. The minimum Gasteiger partial charge on any atom is -0.342 e. The molecule has 1 aromatic carbocycles. The van der Waals surface area contributed by atoms with Crippen molar-refractivity contribution in [2.75, 3.05) is 11.4 Å². The first-order chi connectivity index (χ1) is 9.93. The van der Waals surface area contributed by atoms with Crippen LogP contribution in [0.1, 0.15) is 38.7 Å². The molecule has 1 aliphatic heterocycles. The molecule has 1 saturated heterocycles. The molecule has 0 aromatic heterocycles. The summed E-state index contributed by atoms with van der Waals surface area (Å²) >= 11 is 0. The highest BCUT2D eigenvalue weighted by Crippen LogP contribution is 2.28. The zero-order valence-electron chi connectivity index (χ0n) is 12.7. The van der Waals surface area contributed by atoms with Gasteiger partial charge in [-0.15, -0.1) is 0 Å². The highest BCUT2D eigenvalue weighted by atomic mass is 19.1. The molecule has 0 atom stereocenters. The molecule has 0 radical (unpaired) electrons. The van der Waals surface area contributed by atoms with Gasteiger partial charge < -0.3 is 10.2 Å². The third kappa shape index (κ3) is 2.77. The van der Waals surface area contributed by atoms with E-state index in [2.05, 4.69) is 5.32 Å².